The third kappa shape index (κ3) is 6.25. The van der Waals surface area contributed by atoms with Gasteiger partial charge in [-0.25, -0.2) is 19.3 Å². The number of aromatic nitrogens is 7. The molecule has 44 heavy (non-hydrogen) atoms. The van der Waals surface area contributed by atoms with E-state index >= 15 is 0 Å². The molecule has 12 heteroatoms. The predicted molar refractivity (Wildman–Crippen MR) is 171 cm³/mol. The molecule has 0 spiro atoms. The highest BCUT2D eigenvalue weighted by atomic mass is 19.1. The van der Waals surface area contributed by atoms with Crippen molar-refractivity contribution >= 4 is 39.5 Å². The van der Waals surface area contributed by atoms with Gasteiger partial charge in [-0.05, 0) is 68.5 Å². The highest BCUT2D eigenvalue weighted by molar-refractivity contribution is 5.95. The topological polar surface area (TPSA) is 140 Å². The van der Waals surface area contributed by atoms with E-state index in [0.717, 1.165) is 36.0 Å². The molecular weight excluding hydrogens is 559 g/mol. The van der Waals surface area contributed by atoms with E-state index in [1.807, 2.05) is 51.4 Å². The quantitative estimate of drug-likeness (QED) is 0.147. The summed E-state index contributed by atoms with van der Waals surface area (Å²) in [5.74, 6) is 0.0931. The van der Waals surface area contributed by atoms with Crippen LogP contribution >= 0.6 is 0 Å². The molecule has 224 valence electrons. The molecule has 0 aliphatic rings. The zero-order chi connectivity index (χ0) is 30.6. The number of carbonyl (C=O) groups is 1. The van der Waals surface area contributed by atoms with E-state index in [9.17, 15) is 9.18 Å². The number of hydrogen-bond donors (Lipinski definition) is 4. The number of hydrogen-bond acceptors (Lipinski definition) is 8. The molecule has 0 aliphatic carbocycles. The molecule has 0 fully saturated rings. The largest absolute Gasteiger partial charge is 0.384 e. The smallest absolute Gasteiger partial charge is 0.224 e. The van der Waals surface area contributed by atoms with Crippen molar-refractivity contribution in [1.29, 1.82) is 0 Å². The van der Waals surface area contributed by atoms with Gasteiger partial charge in [0.2, 0.25) is 5.91 Å². The van der Waals surface area contributed by atoms with Gasteiger partial charge in [0.1, 0.15) is 16.9 Å². The zero-order valence-electron chi connectivity index (χ0n) is 24.8. The number of amides is 1. The summed E-state index contributed by atoms with van der Waals surface area (Å²) in [4.78, 5) is 36.1. The average Bonchev–Trinajstić information content (AvgIpc) is 3.63. The second-order valence-corrected chi connectivity index (χ2v) is 10.9. The maximum absolute atomic E-state index is 14.7. The fourth-order valence-corrected chi connectivity index (χ4v) is 4.96. The van der Waals surface area contributed by atoms with Crippen LogP contribution in [0.2, 0.25) is 0 Å². The second-order valence-electron chi connectivity index (χ2n) is 10.9. The number of carbonyl (C=O) groups excluding carboxylic acids is 1. The lowest BCUT2D eigenvalue weighted by molar-refractivity contribution is -0.116. The maximum Gasteiger partial charge on any atom is 0.224 e. The zero-order valence-corrected chi connectivity index (χ0v) is 24.8. The molecule has 0 unspecified atom stereocenters. The number of nitrogens with one attached hydrogen (secondary N) is 4. The molecule has 1 amide bonds. The Bertz CT molecular complexity index is 1950. The first-order valence-electron chi connectivity index (χ1n) is 14.5. The van der Waals surface area contributed by atoms with Gasteiger partial charge in [-0.2, -0.15) is 5.10 Å². The molecule has 0 saturated heterocycles. The summed E-state index contributed by atoms with van der Waals surface area (Å²) in [6.07, 6.45) is 7.24. The third-order valence-corrected chi connectivity index (χ3v) is 7.19. The van der Waals surface area contributed by atoms with Crippen LogP contribution in [-0.2, 0) is 4.79 Å². The Labute approximate surface area is 253 Å². The van der Waals surface area contributed by atoms with Crippen molar-refractivity contribution in [2.45, 2.75) is 26.2 Å². The van der Waals surface area contributed by atoms with Gasteiger partial charge in [0.15, 0.2) is 17.2 Å². The van der Waals surface area contributed by atoms with Crippen LogP contribution in [0.5, 0.6) is 0 Å². The Morgan fingerprint density at radius 1 is 1.00 bits per heavy atom. The number of pyridine rings is 3. The van der Waals surface area contributed by atoms with Gasteiger partial charge in [-0.15, -0.1) is 0 Å². The van der Waals surface area contributed by atoms with Gasteiger partial charge in [0, 0.05) is 48.7 Å². The fraction of sp³-hybridized carbons (Fsp3) is 0.250. The first kappa shape index (κ1) is 28.9. The number of H-pyrrole nitrogens is 2. The number of imidazole rings is 1. The molecule has 0 bridgehead atoms. The Morgan fingerprint density at radius 2 is 1.86 bits per heavy atom. The Balaban J connectivity index is 1.33. The number of benzene rings is 1. The number of halogens is 1. The van der Waals surface area contributed by atoms with E-state index in [0.29, 0.717) is 63.8 Å². The van der Waals surface area contributed by atoms with Gasteiger partial charge in [-0.1, -0.05) is 13.3 Å². The number of anilines is 2. The maximum atomic E-state index is 14.7. The minimum Gasteiger partial charge on any atom is -0.384 e. The number of nitrogens with zero attached hydrogens (tertiary/aromatic N) is 6. The van der Waals surface area contributed by atoms with Crippen LogP contribution in [0.3, 0.4) is 0 Å². The van der Waals surface area contributed by atoms with Crippen molar-refractivity contribution in [3.63, 3.8) is 0 Å². The normalized spacial score (nSPS) is 11.5. The Morgan fingerprint density at radius 3 is 2.70 bits per heavy atom. The fourth-order valence-electron chi connectivity index (χ4n) is 4.96. The minimum atomic E-state index is -0.343. The summed E-state index contributed by atoms with van der Waals surface area (Å²) < 4.78 is 14.7. The number of aromatic amines is 2. The van der Waals surface area contributed by atoms with Crippen LogP contribution < -0.4 is 10.6 Å². The van der Waals surface area contributed by atoms with Crippen molar-refractivity contribution in [3.8, 4) is 33.9 Å². The van der Waals surface area contributed by atoms with Crippen molar-refractivity contribution in [2.75, 3.05) is 37.8 Å². The van der Waals surface area contributed by atoms with Crippen molar-refractivity contribution in [1.82, 2.24) is 40.0 Å². The van der Waals surface area contributed by atoms with Crippen LogP contribution in [0.15, 0.2) is 61.1 Å². The first-order valence-corrected chi connectivity index (χ1v) is 14.5. The molecule has 0 aliphatic heterocycles. The number of unbranched alkanes of at least 4 members (excludes halogenated alkanes) is 1. The number of likely N-dealkylation sites (N-methyl/N-ethyl adjacent to an activating group) is 1. The van der Waals surface area contributed by atoms with E-state index in [2.05, 4.69) is 40.7 Å². The number of rotatable bonds is 11. The minimum absolute atomic E-state index is 0.0424. The summed E-state index contributed by atoms with van der Waals surface area (Å²) in [6.45, 7) is 3.55. The molecule has 0 radical (unpaired) electrons. The van der Waals surface area contributed by atoms with Crippen molar-refractivity contribution in [2.24, 2.45) is 0 Å². The lowest BCUT2D eigenvalue weighted by atomic mass is 10.0. The lowest BCUT2D eigenvalue weighted by Crippen LogP contribution is -2.20. The van der Waals surface area contributed by atoms with E-state index in [4.69, 9.17) is 9.97 Å². The van der Waals surface area contributed by atoms with Gasteiger partial charge >= 0.3 is 0 Å². The van der Waals surface area contributed by atoms with Crippen molar-refractivity contribution in [3.05, 3.63) is 66.9 Å². The second kappa shape index (κ2) is 12.6. The van der Waals surface area contributed by atoms with Crippen molar-refractivity contribution < 1.29 is 9.18 Å². The van der Waals surface area contributed by atoms with Gasteiger partial charge in [0.25, 0.3) is 0 Å². The molecule has 0 saturated carbocycles. The third-order valence-electron chi connectivity index (χ3n) is 7.19. The van der Waals surface area contributed by atoms with Crippen LogP contribution in [0.1, 0.15) is 26.2 Å². The standard InChI is InChI=1S/C32H33FN10O/c1-4-5-6-27(44)37-23-15-20(17-34-18-23)25-7-8-26-29(38-25)30(42-41-26)32-39-28-24(9-10-36-31(28)40-32)19-13-21(33)16-22(14-19)35-11-12-43(2)3/h7-10,13-18,35H,4-6,11-12H2,1-3H3,(H,37,44)(H,41,42)(H,36,39,40). The van der Waals surface area contributed by atoms with Crippen LogP contribution in [0, 0.1) is 5.82 Å². The SMILES string of the molecule is CCCCC(=O)Nc1cncc(-c2ccc3[nH]nc(-c4nc5c(-c6cc(F)cc(NCCN(C)C)c6)ccnc5[nH]4)c3n2)c1. The molecule has 5 aromatic heterocycles. The molecule has 11 nitrogen and oxygen atoms in total. The van der Waals surface area contributed by atoms with E-state index < -0.39 is 0 Å². The van der Waals surface area contributed by atoms with Gasteiger partial charge < -0.3 is 20.5 Å². The average molecular weight is 593 g/mol. The summed E-state index contributed by atoms with van der Waals surface area (Å²) in [6, 6.07) is 12.3. The Kier molecular flexibility index (Phi) is 8.24. The summed E-state index contributed by atoms with van der Waals surface area (Å²) in [5.41, 5.74) is 7.15. The molecular formula is C32H33FN10O. The monoisotopic (exact) mass is 592 g/mol. The lowest BCUT2D eigenvalue weighted by Gasteiger charge is -2.12. The number of fused-ring (bicyclic) bond motifs is 2. The highest BCUT2D eigenvalue weighted by Gasteiger charge is 2.18. The Hall–Kier alpha value is -5.23. The summed E-state index contributed by atoms with van der Waals surface area (Å²) in [5, 5.41) is 13.7. The van der Waals surface area contributed by atoms with Crippen LogP contribution in [0.25, 0.3) is 56.1 Å². The van der Waals surface area contributed by atoms with E-state index in [1.165, 1.54) is 12.1 Å². The van der Waals surface area contributed by atoms with E-state index in [-0.39, 0.29) is 11.7 Å². The summed E-state index contributed by atoms with van der Waals surface area (Å²) in [7, 11) is 3.98. The first-order chi connectivity index (χ1) is 21.4. The summed E-state index contributed by atoms with van der Waals surface area (Å²) >= 11 is 0. The highest BCUT2D eigenvalue weighted by Crippen LogP contribution is 2.32. The molecule has 6 rings (SSSR count). The molecule has 5 heterocycles. The predicted octanol–water partition coefficient (Wildman–Crippen LogP) is 5.87. The molecule has 4 N–H and O–H groups in total. The molecule has 0 atom stereocenters. The van der Waals surface area contributed by atoms with Gasteiger partial charge in [-0.3, -0.25) is 14.9 Å². The van der Waals surface area contributed by atoms with Crippen LogP contribution in [0.4, 0.5) is 15.8 Å². The van der Waals surface area contributed by atoms with Gasteiger partial charge in [0.05, 0.1) is 23.1 Å². The molecule has 1 aromatic carbocycles. The van der Waals surface area contributed by atoms with E-state index in [1.54, 1.807) is 18.6 Å². The van der Waals surface area contributed by atoms with Crippen LogP contribution in [-0.4, -0.2) is 73.1 Å². The molecule has 6 aromatic rings.